The molecular formula is C14H18N6O2. The number of aromatic nitrogens is 4. The van der Waals surface area contributed by atoms with E-state index in [1.54, 1.807) is 0 Å². The van der Waals surface area contributed by atoms with Crippen molar-refractivity contribution in [2.24, 2.45) is 14.1 Å². The van der Waals surface area contributed by atoms with Gasteiger partial charge < -0.3 is 5.32 Å². The number of anilines is 1. The number of aryl methyl sites for hydroxylation is 1. The molecule has 0 aliphatic carbocycles. The van der Waals surface area contributed by atoms with E-state index < -0.39 is 11.2 Å². The van der Waals surface area contributed by atoms with Gasteiger partial charge in [-0.15, -0.1) is 0 Å². The third-order valence-electron chi connectivity index (χ3n) is 3.43. The lowest BCUT2D eigenvalue weighted by Crippen LogP contribution is -2.40. The van der Waals surface area contributed by atoms with Gasteiger partial charge in [0.1, 0.15) is 11.9 Å². The summed E-state index contributed by atoms with van der Waals surface area (Å²) in [7, 11) is 2.88. The van der Waals surface area contributed by atoms with Crippen molar-refractivity contribution in [2.75, 3.05) is 5.32 Å². The van der Waals surface area contributed by atoms with Gasteiger partial charge in [0.05, 0.1) is 5.69 Å². The zero-order chi connectivity index (χ0) is 16.4. The van der Waals surface area contributed by atoms with Crippen LogP contribution in [0.25, 0.3) is 0 Å². The van der Waals surface area contributed by atoms with E-state index in [-0.39, 0.29) is 17.4 Å². The first-order valence-electron chi connectivity index (χ1n) is 6.82. The average Bonchev–Trinajstić information content (AvgIpc) is 2.88. The number of hydrogen-bond acceptors (Lipinski definition) is 5. The Labute approximate surface area is 127 Å². The minimum absolute atomic E-state index is 0.0744. The Balaban J connectivity index is 2.35. The first-order valence-corrected chi connectivity index (χ1v) is 6.82. The Bertz CT molecular complexity index is 852. The normalized spacial score (nSPS) is 12.0. The van der Waals surface area contributed by atoms with Crippen LogP contribution in [0.3, 0.4) is 0 Å². The maximum absolute atomic E-state index is 12.0. The lowest BCUT2D eigenvalue weighted by molar-refractivity contribution is 0.670. The standard InChI is InChI=1S/C14H18N6O2/c1-8(5-10-6-9(2)17-18-10)16-12-11(7-15)13(21)20(4)14(22)19(12)3/h6,8,16H,5H2,1-4H3,(H,17,18). The highest BCUT2D eigenvalue weighted by atomic mass is 16.2. The molecule has 22 heavy (non-hydrogen) atoms. The molecule has 0 aliphatic heterocycles. The maximum Gasteiger partial charge on any atom is 0.332 e. The molecule has 0 fully saturated rings. The van der Waals surface area contributed by atoms with Gasteiger partial charge in [0.2, 0.25) is 0 Å². The third-order valence-corrected chi connectivity index (χ3v) is 3.43. The molecule has 0 spiro atoms. The quantitative estimate of drug-likeness (QED) is 0.828. The van der Waals surface area contributed by atoms with Gasteiger partial charge in [-0.1, -0.05) is 0 Å². The molecule has 0 saturated carbocycles. The van der Waals surface area contributed by atoms with E-state index in [9.17, 15) is 14.9 Å². The first kappa shape index (κ1) is 15.6. The van der Waals surface area contributed by atoms with Crippen LogP contribution in [0.15, 0.2) is 15.7 Å². The fourth-order valence-electron chi connectivity index (χ4n) is 2.29. The SMILES string of the molecule is Cc1cc(CC(C)Nc2c(C#N)c(=O)n(C)c(=O)n2C)n[nH]1. The van der Waals surface area contributed by atoms with Gasteiger partial charge in [-0.2, -0.15) is 10.4 Å². The third kappa shape index (κ3) is 2.79. The number of rotatable bonds is 4. The number of nitrogens with one attached hydrogen (secondary N) is 2. The van der Waals surface area contributed by atoms with Crippen LogP contribution in [0.1, 0.15) is 23.9 Å². The van der Waals surface area contributed by atoms with Crippen molar-refractivity contribution in [2.45, 2.75) is 26.3 Å². The van der Waals surface area contributed by atoms with Gasteiger partial charge >= 0.3 is 5.69 Å². The molecule has 2 rings (SSSR count). The van der Waals surface area contributed by atoms with Crippen molar-refractivity contribution >= 4 is 5.82 Å². The van der Waals surface area contributed by atoms with Gasteiger partial charge in [0.25, 0.3) is 5.56 Å². The van der Waals surface area contributed by atoms with E-state index in [4.69, 9.17) is 0 Å². The summed E-state index contributed by atoms with van der Waals surface area (Å²) in [5.41, 5.74) is 0.672. The predicted octanol–water partition coefficient (Wildman–Crippen LogP) is 0.0303. The van der Waals surface area contributed by atoms with Crippen LogP contribution in [0.5, 0.6) is 0 Å². The van der Waals surface area contributed by atoms with E-state index >= 15 is 0 Å². The van der Waals surface area contributed by atoms with Crippen LogP contribution in [-0.4, -0.2) is 25.4 Å². The minimum atomic E-state index is -0.601. The number of nitriles is 1. The first-order chi connectivity index (χ1) is 10.3. The molecule has 0 aliphatic rings. The average molecular weight is 302 g/mol. The molecule has 0 bridgehead atoms. The van der Waals surface area contributed by atoms with E-state index in [0.717, 1.165) is 16.0 Å². The highest BCUT2D eigenvalue weighted by molar-refractivity contribution is 5.51. The molecule has 0 saturated heterocycles. The molecule has 8 heteroatoms. The summed E-state index contributed by atoms with van der Waals surface area (Å²) in [5.74, 6) is 0.232. The lowest BCUT2D eigenvalue weighted by Gasteiger charge is -2.18. The highest BCUT2D eigenvalue weighted by Gasteiger charge is 2.17. The van der Waals surface area contributed by atoms with E-state index in [1.165, 1.54) is 18.7 Å². The topological polar surface area (TPSA) is 108 Å². The summed E-state index contributed by atoms with van der Waals surface area (Å²) in [6.45, 7) is 3.81. The summed E-state index contributed by atoms with van der Waals surface area (Å²) in [6, 6.07) is 3.69. The van der Waals surface area contributed by atoms with Gasteiger partial charge in [0, 0.05) is 32.3 Å². The smallest absolute Gasteiger partial charge is 0.332 e. The Kier molecular flexibility index (Phi) is 4.17. The second-order valence-corrected chi connectivity index (χ2v) is 5.33. The Morgan fingerprint density at radius 1 is 1.41 bits per heavy atom. The Morgan fingerprint density at radius 3 is 2.64 bits per heavy atom. The molecular weight excluding hydrogens is 284 g/mol. The van der Waals surface area contributed by atoms with Gasteiger partial charge in [-0.25, -0.2) is 4.79 Å². The van der Waals surface area contributed by atoms with Gasteiger partial charge in [0.15, 0.2) is 5.56 Å². The van der Waals surface area contributed by atoms with Crippen molar-refractivity contribution in [3.63, 3.8) is 0 Å². The van der Waals surface area contributed by atoms with Gasteiger partial charge in [-0.3, -0.25) is 19.0 Å². The molecule has 2 aromatic rings. The number of aromatic amines is 1. The second kappa shape index (κ2) is 5.89. The number of nitrogens with zero attached hydrogens (tertiary/aromatic N) is 4. The van der Waals surface area contributed by atoms with Crippen LogP contribution in [0.4, 0.5) is 5.82 Å². The molecule has 1 atom stereocenters. The van der Waals surface area contributed by atoms with E-state index in [1.807, 2.05) is 26.0 Å². The monoisotopic (exact) mass is 302 g/mol. The molecule has 0 radical (unpaired) electrons. The van der Waals surface area contributed by atoms with Crippen molar-refractivity contribution in [3.8, 4) is 6.07 Å². The maximum atomic E-state index is 12.0. The molecule has 2 aromatic heterocycles. The van der Waals surface area contributed by atoms with E-state index in [0.29, 0.717) is 6.42 Å². The van der Waals surface area contributed by atoms with Crippen molar-refractivity contribution in [3.05, 3.63) is 43.9 Å². The molecule has 2 N–H and O–H groups in total. The van der Waals surface area contributed by atoms with Gasteiger partial charge in [-0.05, 0) is 19.9 Å². The minimum Gasteiger partial charge on any atom is -0.367 e. The summed E-state index contributed by atoms with van der Waals surface area (Å²) < 4.78 is 2.19. The molecule has 2 heterocycles. The fourth-order valence-corrected chi connectivity index (χ4v) is 2.29. The largest absolute Gasteiger partial charge is 0.367 e. The predicted molar refractivity (Wildman–Crippen MR) is 81.8 cm³/mol. The second-order valence-electron chi connectivity index (χ2n) is 5.33. The lowest BCUT2D eigenvalue weighted by atomic mass is 10.1. The van der Waals surface area contributed by atoms with E-state index in [2.05, 4.69) is 15.5 Å². The van der Waals surface area contributed by atoms with Crippen molar-refractivity contribution < 1.29 is 0 Å². The van der Waals surface area contributed by atoms with Crippen LogP contribution in [0, 0.1) is 18.3 Å². The molecule has 0 amide bonds. The summed E-state index contributed by atoms with van der Waals surface area (Å²) in [6.07, 6.45) is 0.596. The number of hydrogen-bond donors (Lipinski definition) is 2. The Hall–Kier alpha value is -2.82. The fraction of sp³-hybridized carbons (Fsp3) is 0.429. The molecule has 116 valence electrons. The van der Waals surface area contributed by atoms with Crippen molar-refractivity contribution in [1.29, 1.82) is 5.26 Å². The Morgan fingerprint density at radius 2 is 2.09 bits per heavy atom. The number of H-pyrrole nitrogens is 1. The summed E-state index contributed by atoms with van der Waals surface area (Å²) in [5, 5.41) is 19.3. The molecule has 8 nitrogen and oxygen atoms in total. The zero-order valence-corrected chi connectivity index (χ0v) is 13.0. The summed E-state index contributed by atoms with van der Waals surface area (Å²) in [4.78, 5) is 24.0. The van der Waals surface area contributed by atoms with Crippen molar-refractivity contribution in [1.82, 2.24) is 19.3 Å². The van der Waals surface area contributed by atoms with Crippen LogP contribution >= 0.6 is 0 Å². The molecule has 0 aromatic carbocycles. The highest BCUT2D eigenvalue weighted by Crippen LogP contribution is 2.11. The van der Waals surface area contributed by atoms with Crippen LogP contribution in [0.2, 0.25) is 0 Å². The van der Waals surface area contributed by atoms with Crippen LogP contribution < -0.4 is 16.6 Å². The molecule has 1 unspecified atom stereocenters. The van der Waals surface area contributed by atoms with Crippen LogP contribution in [-0.2, 0) is 20.5 Å². The summed E-state index contributed by atoms with van der Waals surface area (Å²) >= 11 is 0. The zero-order valence-electron chi connectivity index (χ0n) is 13.0.